The van der Waals surface area contributed by atoms with Crippen molar-refractivity contribution in [3.8, 4) is 0 Å². The lowest BCUT2D eigenvalue weighted by Gasteiger charge is -2.34. The summed E-state index contributed by atoms with van der Waals surface area (Å²) in [6.07, 6.45) is 1.44. The predicted molar refractivity (Wildman–Crippen MR) is 109 cm³/mol. The normalized spacial score (nSPS) is 18.2. The van der Waals surface area contributed by atoms with Crippen LogP contribution in [0.4, 0.5) is 17.2 Å². The van der Waals surface area contributed by atoms with Gasteiger partial charge in [-0.15, -0.1) is 0 Å². The summed E-state index contributed by atoms with van der Waals surface area (Å²) in [4.78, 5) is 27.8. The maximum Gasteiger partial charge on any atom is 0.274 e. The Morgan fingerprint density at radius 1 is 0.964 bits per heavy atom. The molecule has 0 aliphatic carbocycles. The molecule has 1 aromatic carbocycles. The monoisotopic (exact) mass is 382 g/mol. The van der Waals surface area contributed by atoms with Crippen molar-refractivity contribution < 1.29 is 9.53 Å². The molecule has 8 heteroatoms. The molecule has 1 amide bonds. The van der Waals surface area contributed by atoms with Crippen molar-refractivity contribution in [1.29, 1.82) is 0 Å². The van der Waals surface area contributed by atoms with Crippen LogP contribution in [0.3, 0.4) is 0 Å². The molecular formula is C20H26N6O2. The summed E-state index contributed by atoms with van der Waals surface area (Å²) in [5, 5.41) is 2.93. The fraction of sp³-hybridized carbons (Fsp3) is 0.450. The highest BCUT2D eigenvalue weighted by Crippen LogP contribution is 2.20. The first kappa shape index (κ1) is 18.6. The first-order valence-corrected chi connectivity index (χ1v) is 9.69. The van der Waals surface area contributed by atoms with Gasteiger partial charge in [-0.2, -0.15) is 0 Å². The fourth-order valence-corrected chi connectivity index (χ4v) is 3.45. The summed E-state index contributed by atoms with van der Waals surface area (Å²) in [5.74, 6) is 0.526. The number of hydrogen-bond acceptors (Lipinski definition) is 7. The number of anilines is 3. The van der Waals surface area contributed by atoms with Crippen molar-refractivity contribution in [2.75, 3.05) is 74.6 Å². The largest absolute Gasteiger partial charge is 0.378 e. The molecule has 0 saturated carbocycles. The summed E-state index contributed by atoms with van der Waals surface area (Å²) in [6.45, 7) is 7.06. The van der Waals surface area contributed by atoms with Gasteiger partial charge in [0, 0.05) is 56.7 Å². The van der Waals surface area contributed by atoms with Crippen LogP contribution in [0.5, 0.6) is 0 Å². The van der Waals surface area contributed by atoms with Crippen LogP contribution in [0.25, 0.3) is 0 Å². The Morgan fingerprint density at radius 3 is 2.39 bits per heavy atom. The molecule has 2 aromatic rings. The van der Waals surface area contributed by atoms with E-state index in [9.17, 15) is 4.79 Å². The van der Waals surface area contributed by atoms with Crippen molar-refractivity contribution in [3.05, 3.63) is 42.4 Å². The van der Waals surface area contributed by atoms with Gasteiger partial charge in [0.05, 0.1) is 13.2 Å². The number of piperazine rings is 1. The lowest BCUT2D eigenvalue weighted by Crippen LogP contribution is -2.44. The van der Waals surface area contributed by atoms with Crippen LogP contribution in [-0.2, 0) is 4.74 Å². The minimum Gasteiger partial charge on any atom is -0.378 e. The third kappa shape index (κ3) is 4.40. The fourth-order valence-electron chi connectivity index (χ4n) is 3.45. The van der Waals surface area contributed by atoms with Crippen molar-refractivity contribution in [2.45, 2.75) is 0 Å². The molecule has 4 rings (SSSR count). The van der Waals surface area contributed by atoms with E-state index < -0.39 is 0 Å². The van der Waals surface area contributed by atoms with E-state index in [1.807, 2.05) is 12.1 Å². The number of nitrogens with one attached hydrogen (secondary N) is 1. The summed E-state index contributed by atoms with van der Waals surface area (Å²) in [7, 11) is 2.15. The Labute approximate surface area is 165 Å². The molecule has 148 valence electrons. The number of amides is 1. The van der Waals surface area contributed by atoms with Crippen LogP contribution in [0.1, 0.15) is 10.5 Å². The van der Waals surface area contributed by atoms with Crippen LogP contribution >= 0.6 is 0 Å². The molecule has 2 saturated heterocycles. The maximum absolute atomic E-state index is 12.6. The van der Waals surface area contributed by atoms with Crippen LogP contribution in [-0.4, -0.2) is 80.3 Å². The van der Waals surface area contributed by atoms with Gasteiger partial charge in [-0.05, 0) is 31.3 Å². The Hall–Kier alpha value is -2.71. The predicted octanol–water partition coefficient (Wildman–Crippen LogP) is 1.32. The minimum atomic E-state index is -0.232. The maximum atomic E-state index is 12.6. The van der Waals surface area contributed by atoms with Gasteiger partial charge in [-0.3, -0.25) is 4.79 Å². The van der Waals surface area contributed by atoms with Gasteiger partial charge in [0.2, 0.25) is 0 Å². The molecule has 1 aromatic heterocycles. The highest BCUT2D eigenvalue weighted by molar-refractivity contribution is 6.03. The molecule has 0 unspecified atom stereocenters. The molecule has 0 radical (unpaired) electrons. The second-order valence-corrected chi connectivity index (χ2v) is 7.15. The molecule has 0 bridgehead atoms. The zero-order chi connectivity index (χ0) is 19.3. The molecule has 2 aliphatic rings. The number of morpholine rings is 1. The number of carbonyl (C=O) groups excluding carboxylic acids is 1. The molecule has 2 fully saturated rings. The first-order valence-electron chi connectivity index (χ1n) is 9.69. The third-order valence-electron chi connectivity index (χ3n) is 5.21. The quantitative estimate of drug-likeness (QED) is 0.855. The number of benzene rings is 1. The van der Waals surface area contributed by atoms with E-state index in [4.69, 9.17) is 4.74 Å². The zero-order valence-corrected chi connectivity index (χ0v) is 16.2. The van der Waals surface area contributed by atoms with E-state index in [1.165, 1.54) is 12.0 Å². The summed E-state index contributed by atoms with van der Waals surface area (Å²) in [5.41, 5.74) is 2.30. The number of hydrogen-bond donors (Lipinski definition) is 1. The van der Waals surface area contributed by atoms with Crippen molar-refractivity contribution in [2.24, 2.45) is 0 Å². The van der Waals surface area contributed by atoms with E-state index in [2.05, 4.69) is 49.2 Å². The Bertz CT molecular complexity index is 799. The lowest BCUT2D eigenvalue weighted by atomic mass is 10.2. The highest BCUT2D eigenvalue weighted by atomic mass is 16.5. The van der Waals surface area contributed by atoms with Gasteiger partial charge in [0.25, 0.3) is 5.91 Å². The topological polar surface area (TPSA) is 73.8 Å². The van der Waals surface area contributed by atoms with Crippen LogP contribution in [0.15, 0.2) is 36.7 Å². The van der Waals surface area contributed by atoms with Gasteiger partial charge >= 0.3 is 0 Å². The van der Waals surface area contributed by atoms with Crippen molar-refractivity contribution in [3.63, 3.8) is 0 Å². The van der Waals surface area contributed by atoms with Gasteiger partial charge < -0.3 is 24.8 Å². The molecule has 28 heavy (non-hydrogen) atoms. The van der Waals surface area contributed by atoms with E-state index in [0.29, 0.717) is 18.9 Å². The number of carbonyl (C=O) groups is 1. The van der Waals surface area contributed by atoms with E-state index in [0.717, 1.165) is 50.8 Å². The minimum absolute atomic E-state index is 0.232. The zero-order valence-electron chi connectivity index (χ0n) is 16.2. The average molecular weight is 382 g/mol. The van der Waals surface area contributed by atoms with Crippen LogP contribution in [0.2, 0.25) is 0 Å². The van der Waals surface area contributed by atoms with E-state index >= 15 is 0 Å². The molecule has 0 atom stereocenters. The van der Waals surface area contributed by atoms with E-state index in [-0.39, 0.29) is 5.91 Å². The van der Waals surface area contributed by atoms with Crippen molar-refractivity contribution in [1.82, 2.24) is 14.9 Å². The van der Waals surface area contributed by atoms with Crippen LogP contribution < -0.4 is 15.1 Å². The molecular weight excluding hydrogens is 356 g/mol. The number of ether oxygens (including phenoxy) is 1. The molecule has 0 spiro atoms. The van der Waals surface area contributed by atoms with Gasteiger partial charge in [-0.25, -0.2) is 9.97 Å². The second kappa shape index (κ2) is 8.53. The molecule has 3 heterocycles. The molecule has 8 nitrogen and oxygen atoms in total. The number of likely N-dealkylation sites (N-methyl/N-ethyl adjacent to an activating group) is 1. The highest BCUT2D eigenvalue weighted by Gasteiger charge is 2.17. The molecule has 1 N–H and O–H groups in total. The number of rotatable bonds is 4. The average Bonchev–Trinajstić information content (AvgIpc) is 2.76. The van der Waals surface area contributed by atoms with Gasteiger partial charge in [-0.1, -0.05) is 0 Å². The summed E-state index contributed by atoms with van der Waals surface area (Å²) >= 11 is 0. The van der Waals surface area contributed by atoms with Gasteiger partial charge in [0.1, 0.15) is 17.8 Å². The summed E-state index contributed by atoms with van der Waals surface area (Å²) < 4.78 is 5.37. The van der Waals surface area contributed by atoms with Crippen LogP contribution in [0, 0.1) is 0 Å². The Balaban J connectivity index is 1.39. The number of aromatic nitrogens is 2. The van der Waals surface area contributed by atoms with Crippen molar-refractivity contribution >= 4 is 23.1 Å². The first-order chi connectivity index (χ1) is 13.7. The Kier molecular flexibility index (Phi) is 5.68. The lowest BCUT2D eigenvalue weighted by molar-refractivity contribution is 0.102. The Morgan fingerprint density at radius 2 is 1.68 bits per heavy atom. The second-order valence-electron chi connectivity index (χ2n) is 7.15. The SMILES string of the molecule is CN1CCN(c2ccc(NC(=O)c3cc(N4CCOCC4)ncn3)cc2)CC1. The third-order valence-corrected chi connectivity index (χ3v) is 5.21. The number of nitrogens with zero attached hydrogens (tertiary/aromatic N) is 5. The smallest absolute Gasteiger partial charge is 0.274 e. The molecule has 2 aliphatic heterocycles. The standard InChI is InChI=1S/C20H26N6O2/c1-24-6-8-25(9-7-24)17-4-2-16(3-5-17)23-20(27)18-14-19(22-15-21-18)26-10-12-28-13-11-26/h2-5,14-15H,6-13H2,1H3,(H,23,27). The van der Waals surface area contributed by atoms with Gasteiger partial charge in [0.15, 0.2) is 0 Å². The van der Waals surface area contributed by atoms with E-state index in [1.54, 1.807) is 6.07 Å². The summed E-state index contributed by atoms with van der Waals surface area (Å²) in [6, 6.07) is 9.73.